The third-order valence-corrected chi connectivity index (χ3v) is 5.02. The number of hydrogen-bond acceptors (Lipinski definition) is 3. The average molecular weight is 310 g/mol. The highest BCUT2D eigenvalue weighted by Gasteiger charge is 2.33. The maximum atomic E-state index is 12.6. The quantitative estimate of drug-likeness (QED) is 0.788. The minimum absolute atomic E-state index is 0.0705. The Kier molecular flexibility index (Phi) is 6.68. The van der Waals surface area contributed by atoms with Gasteiger partial charge in [-0.3, -0.25) is 9.59 Å². The molecule has 2 fully saturated rings. The van der Waals surface area contributed by atoms with E-state index in [0.29, 0.717) is 25.0 Å². The van der Waals surface area contributed by atoms with Gasteiger partial charge < -0.3 is 15.0 Å². The van der Waals surface area contributed by atoms with Gasteiger partial charge in [0.2, 0.25) is 11.8 Å². The van der Waals surface area contributed by atoms with Crippen LogP contribution < -0.4 is 5.32 Å². The predicted molar refractivity (Wildman–Crippen MR) is 85.3 cm³/mol. The molecule has 0 radical (unpaired) electrons. The van der Waals surface area contributed by atoms with Crippen LogP contribution in [0.4, 0.5) is 0 Å². The molecule has 22 heavy (non-hydrogen) atoms. The molecule has 126 valence electrons. The molecule has 1 aliphatic carbocycles. The van der Waals surface area contributed by atoms with E-state index in [4.69, 9.17) is 4.74 Å². The lowest BCUT2D eigenvalue weighted by Crippen LogP contribution is -2.44. The second-order valence-corrected chi connectivity index (χ2v) is 6.86. The Hall–Kier alpha value is -1.10. The van der Waals surface area contributed by atoms with Gasteiger partial charge in [-0.05, 0) is 44.4 Å². The van der Waals surface area contributed by atoms with Gasteiger partial charge in [-0.15, -0.1) is 0 Å². The number of piperidine rings is 1. The van der Waals surface area contributed by atoms with Crippen LogP contribution in [-0.2, 0) is 14.3 Å². The van der Waals surface area contributed by atoms with Crippen LogP contribution in [0.15, 0.2) is 0 Å². The largest absolute Gasteiger partial charge is 0.383 e. The smallest absolute Gasteiger partial charge is 0.225 e. The van der Waals surface area contributed by atoms with Crippen molar-refractivity contribution in [1.29, 1.82) is 0 Å². The van der Waals surface area contributed by atoms with Gasteiger partial charge in [0.1, 0.15) is 0 Å². The molecule has 2 amide bonds. The summed E-state index contributed by atoms with van der Waals surface area (Å²) >= 11 is 0. The molecule has 2 aliphatic rings. The third kappa shape index (κ3) is 4.70. The SMILES string of the molecule is COCCNC(=O)C1CCC(C(=O)N2CCCC(C)C2)CC1. The van der Waals surface area contributed by atoms with Crippen molar-refractivity contribution < 1.29 is 14.3 Å². The molecule has 0 spiro atoms. The van der Waals surface area contributed by atoms with Crippen LogP contribution >= 0.6 is 0 Å². The summed E-state index contributed by atoms with van der Waals surface area (Å²) in [5.74, 6) is 1.27. The molecule has 1 saturated carbocycles. The van der Waals surface area contributed by atoms with Crippen molar-refractivity contribution >= 4 is 11.8 Å². The summed E-state index contributed by atoms with van der Waals surface area (Å²) in [6.07, 6.45) is 5.73. The van der Waals surface area contributed by atoms with E-state index >= 15 is 0 Å². The number of ether oxygens (including phenoxy) is 1. The normalized spacial score (nSPS) is 29.2. The zero-order chi connectivity index (χ0) is 15.9. The Morgan fingerprint density at radius 2 is 1.82 bits per heavy atom. The first-order valence-corrected chi connectivity index (χ1v) is 8.67. The van der Waals surface area contributed by atoms with Crippen LogP contribution in [0.2, 0.25) is 0 Å². The molecule has 2 rings (SSSR count). The Morgan fingerprint density at radius 1 is 1.14 bits per heavy atom. The Bertz CT molecular complexity index is 378. The van der Waals surface area contributed by atoms with Gasteiger partial charge in [-0.25, -0.2) is 0 Å². The molecule has 1 N–H and O–H groups in total. The summed E-state index contributed by atoms with van der Waals surface area (Å²) in [6.45, 7) is 5.17. The Labute approximate surface area is 133 Å². The lowest BCUT2D eigenvalue weighted by atomic mass is 9.80. The molecule has 0 bridgehead atoms. The first-order valence-electron chi connectivity index (χ1n) is 8.67. The van der Waals surface area contributed by atoms with E-state index in [9.17, 15) is 9.59 Å². The van der Waals surface area contributed by atoms with Crippen molar-refractivity contribution in [3.05, 3.63) is 0 Å². The van der Waals surface area contributed by atoms with Gasteiger partial charge in [-0.2, -0.15) is 0 Å². The zero-order valence-electron chi connectivity index (χ0n) is 14.0. The van der Waals surface area contributed by atoms with Crippen LogP contribution in [-0.4, -0.2) is 50.1 Å². The van der Waals surface area contributed by atoms with Gasteiger partial charge >= 0.3 is 0 Å². The number of hydrogen-bond donors (Lipinski definition) is 1. The molecule has 1 unspecified atom stereocenters. The van der Waals surface area contributed by atoms with Crippen LogP contribution in [0.1, 0.15) is 45.4 Å². The minimum Gasteiger partial charge on any atom is -0.383 e. The molecule has 1 atom stereocenters. The van der Waals surface area contributed by atoms with Crippen molar-refractivity contribution in [3.63, 3.8) is 0 Å². The fraction of sp³-hybridized carbons (Fsp3) is 0.882. The van der Waals surface area contributed by atoms with Crippen molar-refractivity contribution in [2.45, 2.75) is 45.4 Å². The topological polar surface area (TPSA) is 58.6 Å². The monoisotopic (exact) mass is 310 g/mol. The van der Waals surface area contributed by atoms with Crippen molar-refractivity contribution in [3.8, 4) is 0 Å². The van der Waals surface area contributed by atoms with E-state index in [0.717, 1.165) is 45.2 Å². The Morgan fingerprint density at radius 3 is 2.45 bits per heavy atom. The summed E-state index contributed by atoms with van der Waals surface area (Å²) in [5.41, 5.74) is 0. The molecular formula is C17H30N2O3. The van der Waals surface area contributed by atoms with Gasteiger partial charge in [0.05, 0.1) is 6.61 Å². The van der Waals surface area contributed by atoms with Crippen molar-refractivity contribution in [2.24, 2.45) is 17.8 Å². The number of carbonyl (C=O) groups excluding carboxylic acids is 2. The maximum absolute atomic E-state index is 12.6. The van der Waals surface area contributed by atoms with Gasteiger partial charge in [0, 0.05) is 38.6 Å². The molecule has 5 heteroatoms. The van der Waals surface area contributed by atoms with Gasteiger partial charge in [0.15, 0.2) is 0 Å². The summed E-state index contributed by atoms with van der Waals surface area (Å²) in [4.78, 5) is 26.7. The van der Waals surface area contributed by atoms with Crippen molar-refractivity contribution in [1.82, 2.24) is 10.2 Å². The lowest BCUT2D eigenvalue weighted by molar-refractivity contribution is -0.140. The number of likely N-dealkylation sites (tertiary alicyclic amines) is 1. The molecule has 1 saturated heterocycles. The number of nitrogens with zero attached hydrogens (tertiary/aromatic N) is 1. The van der Waals surface area contributed by atoms with Crippen LogP contribution in [0.25, 0.3) is 0 Å². The molecule has 0 aromatic rings. The molecule has 0 aromatic heterocycles. The van der Waals surface area contributed by atoms with E-state index < -0.39 is 0 Å². The predicted octanol–water partition coefficient (Wildman–Crippen LogP) is 1.81. The summed E-state index contributed by atoms with van der Waals surface area (Å²) in [5, 5.41) is 2.91. The highest BCUT2D eigenvalue weighted by Crippen LogP contribution is 2.31. The first-order chi connectivity index (χ1) is 10.6. The molecule has 1 aliphatic heterocycles. The fourth-order valence-corrected chi connectivity index (χ4v) is 3.67. The highest BCUT2D eigenvalue weighted by atomic mass is 16.5. The molecule has 0 aromatic carbocycles. The van der Waals surface area contributed by atoms with E-state index in [1.54, 1.807) is 7.11 Å². The summed E-state index contributed by atoms with van der Waals surface area (Å²) in [6, 6.07) is 0. The number of rotatable bonds is 5. The molecule has 5 nitrogen and oxygen atoms in total. The first kappa shape index (κ1) is 17.3. The third-order valence-electron chi connectivity index (χ3n) is 5.02. The second kappa shape index (κ2) is 8.51. The number of methoxy groups -OCH3 is 1. The van der Waals surface area contributed by atoms with E-state index in [-0.39, 0.29) is 17.7 Å². The standard InChI is InChI=1S/C17H30N2O3/c1-13-4-3-10-19(12-13)17(21)15-7-5-14(6-8-15)16(20)18-9-11-22-2/h13-15H,3-12H2,1-2H3,(H,18,20). The van der Waals surface area contributed by atoms with Gasteiger partial charge in [0.25, 0.3) is 0 Å². The van der Waals surface area contributed by atoms with E-state index in [2.05, 4.69) is 17.1 Å². The maximum Gasteiger partial charge on any atom is 0.225 e. The van der Waals surface area contributed by atoms with Crippen LogP contribution in [0.5, 0.6) is 0 Å². The van der Waals surface area contributed by atoms with Crippen LogP contribution in [0, 0.1) is 17.8 Å². The van der Waals surface area contributed by atoms with Gasteiger partial charge in [-0.1, -0.05) is 6.92 Å². The summed E-state index contributed by atoms with van der Waals surface area (Å²) in [7, 11) is 1.63. The zero-order valence-corrected chi connectivity index (χ0v) is 14.0. The minimum atomic E-state index is 0.0705. The van der Waals surface area contributed by atoms with Crippen molar-refractivity contribution in [2.75, 3.05) is 33.4 Å². The van der Waals surface area contributed by atoms with E-state index in [1.165, 1.54) is 6.42 Å². The second-order valence-electron chi connectivity index (χ2n) is 6.86. The Balaban J connectivity index is 1.74. The molecule has 1 heterocycles. The lowest BCUT2D eigenvalue weighted by Gasteiger charge is -2.35. The van der Waals surface area contributed by atoms with Crippen LogP contribution in [0.3, 0.4) is 0 Å². The number of carbonyl (C=O) groups is 2. The summed E-state index contributed by atoms with van der Waals surface area (Å²) < 4.78 is 4.94. The fourth-order valence-electron chi connectivity index (χ4n) is 3.67. The van der Waals surface area contributed by atoms with E-state index in [1.807, 2.05) is 0 Å². The average Bonchev–Trinajstić information content (AvgIpc) is 2.54. The highest BCUT2D eigenvalue weighted by molar-refractivity contribution is 5.81. The molecular weight excluding hydrogens is 280 g/mol. The number of amides is 2. The number of nitrogens with one attached hydrogen (secondary N) is 1.